The number of fused-ring (bicyclic) bond motifs is 1. The maximum absolute atomic E-state index is 12.4. The molecule has 0 bridgehead atoms. The molecule has 3 amide bonds. The zero-order valence-corrected chi connectivity index (χ0v) is 15.6. The molecule has 0 aromatic heterocycles. The van der Waals surface area contributed by atoms with Gasteiger partial charge in [0.15, 0.2) is 0 Å². The summed E-state index contributed by atoms with van der Waals surface area (Å²) in [5.74, 6) is -0.536. The summed E-state index contributed by atoms with van der Waals surface area (Å²) in [7, 11) is 0. The summed E-state index contributed by atoms with van der Waals surface area (Å²) >= 11 is 7.43. The number of thioether (sulfide) groups is 1. The first kappa shape index (κ1) is 18.5. The highest BCUT2D eigenvalue weighted by Gasteiger charge is 2.40. The maximum Gasteiger partial charge on any atom is 0.262 e. The van der Waals surface area contributed by atoms with Crippen molar-refractivity contribution in [3.8, 4) is 0 Å². The fraction of sp³-hybridized carbons (Fsp3) is 0.211. The molecule has 1 heterocycles. The van der Waals surface area contributed by atoms with Crippen molar-refractivity contribution in [3.63, 3.8) is 0 Å². The lowest BCUT2D eigenvalue weighted by Crippen LogP contribution is -2.48. The zero-order chi connectivity index (χ0) is 18.7. The van der Waals surface area contributed by atoms with Gasteiger partial charge in [-0.25, -0.2) is 0 Å². The molecule has 0 radical (unpaired) electrons. The van der Waals surface area contributed by atoms with E-state index in [1.807, 2.05) is 24.3 Å². The van der Waals surface area contributed by atoms with E-state index in [1.54, 1.807) is 43.0 Å². The Kier molecular flexibility index (Phi) is 5.64. The third-order valence-electron chi connectivity index (χ3n) is 4.08. The van der Waals surface area contributed by atoms with E-state index in [4.69, 9.17) is 11.6 Å². The van der Waals surface area contributed by atoms with Crippen molar-refractivity contribution in [2.75, 3.05) is 12.3 Å². The first-order valence-electron chi connectivity index (χ1n) is 8.12. The van der Waals surface area contributed by atoms with Crippen LogP contribution in [0.15, 0.2) is 53.4 Å². The number of hydrogen-bond donors (Lipinski definition) is 1. The van der Waals surface area contributed by atoms with Crippen LogP contribution >= 0.6 is 23.4 Å². The van der Waals surface area contributed by atoms with Crippen LogP contribution in [0.25, 0.3) is 0 Å². The molecule has 2 aromatic carbocycles. The normalized spacial score (nSPS) is 14.3. The van der Waals surface area contributed by atoms with E-state index in [9.17, 15) is 14.4 Å². The van der Waals surface area contributed by atoms with Gasteiger partial charge in [0.2, 0.25) is 5.91 Å². The Hall–Kier alpha value is -2.31. The van der Waals surface area contributed by atoms with Crippen molar-refractivity contribution in [1.29, 1.82) is 0 Å². The molecule has 5 nitrogen and oxygen atoms in total. The molecule has 3 rings (SSSR count). The Balaban J connectivity index is 1.53. The molecule has 1 aliphatic heterocycles. The molecule has 26 heavy (non-hydrogen) atoms. The van der Waals surface area contributed by atoms with Crippen LogP contribution in [0.3, 0.4) is 0 Å². The van der Waals surface area contributed by atoms with Crippen LogP contribution in [0.4, 0.5) is 0 Å². The highest BCUT2D eigenvalue weighted by Crippen LogP contribution is 2.24. The summed E-state index contributed by atoms with van der Waals surface area (Å²) in [5.41, 5.74) is 0.686. The summed E-state index contributed by atoms with van der Waals surface area (Å²) in [5, 5.41) is 3.46. The lowest BCUT2D eigenvalue weighted by Gasteiger charge is -2.21. The molecule has 0 spiro atoms. The maximum atomic E-state index is 12.4. The lowest BCUT2D eigenvalue weighted by molar-refractivity contribution is -0.124. The van der Waals surface area contributed by atoms with Crippen LogP contribution in [0, 0.1) is 0 Å². The van der Waals surface area contributed by atoms with E-state index in [1.165, 1.54) is 0 Å². The number of benzene rings is 2. The number of nitrogens with zero attached hydrogens (tertiary/aromatic N) is 1. The molecule has 1 atom stereocenters. The average molecular weight is 389 g/mol. The molecule has 2 aromatic rings. The van der Waals surface area contributed by atoms with Crippen molar-refractivity contribution in [3.05, 3.63) is 64.7 Å². The molecular formula is C19H17ClN2O3S. The van der Waals surface area contributed by atoms with Crippen LogP contribution < -0.4 is 5.32 Å². The Morgan fingerprint density at radius 1 is 1.08 bits per heavy atom. The Morgan fingerprint density at radius 3 is 2.23 bits per heavy atom. The van der Waals surface area contributed by atoms with Crippen molar-refractivity contribution in [2.45, 2.75) is 17.9 Å². The van der Waals surface area contributed by atoms with Crippen LogP contribution in [-0.2, 0) is 4.79 Å². The monoisotopic (exact) mass is 388 g/mol. The minimum atomic E-state index is -0.858. The third-order valence-corrected chi connectivity index (χ3v) is 5.34. The molecule has 7 heteroatoms. The molecule has 0 unspecified atom stereocenters. The van der Waals surface area contributed by atoms with Crippen molar-refractivity contribution < 1.29 is 14.4 Å². The zero-order valence-electron chi connectivity index (χ0n) is 14.1. The van der Waals surface area contributed by atoms with Gasteiger partial charge in [0, 0.05) is 22.2 Å². The van der Waals surface area contributed by atoms with Gasteiger partial charge in [-0.1, -0.05) is 23.7 Å². The number of carbonyl (C=O) groups is 3. The van der Waals surface area contributed by atoms with Crippen LogP contribution in [0.2, 0.25) is 5.02 Å². The molecule has 1 aliphatic rings. The van der Waals surface area contributed by atoms with E-state index in [-0.39, 0.29) is 5.91 Å². The van der Waals surface area contributed by atoms with Crippen LogP contribution in [0.1, 0.15) is 27.6 Å². The highest BCUT2D eigenvalue weighted by atomic mass is 35.5. The van der Waals surface area contributed by atoms with Gasteiger partial charge in [-0.15, -0.1) is 11.8 Å². The second kappa shape index (κ2) is 7.93. The number of amides is 3. The molecule has 134 valence electrons. The Bertz CT molecular complexity index is 819. The second-order valence-electron chi connectivity index (χ2n) is 5.80. The van der Waals surface area contributed by atoms with E-state index in [0.717, 1.165) is 9.80 Å². The number of imide groups is 1. The minimum absolute atomic E-state index is 0.343. The first-order valence-corrected chi connectivity index (χ1v) is 9.48. The largest absolute Gasteiger partial charge is 0.353 e. The van der Waals surface area contributed by atoms with Crippen molar-refractivity contribution >= 4 is 41.1 Å². The van der Waals surface area contributed by atoms with Gasteiger partial charge in [-0.3, -0.25) is 19.3 Å². The summed E-state index contributed by atoms with van der Waals surface area (Å²) in [6.07, 6.45) is 0. The third kappa shape index (κ3) is 3.76. The smallest absolute Gasteiger partial charge is 0.262 e. The fourth-order valence-corrected chi connectivity index (χ4v) is 3.59. The summed E-state index contributed by atoms with van der Waals surface area (Å²) in [6.45, 7) is 1.99. The van der Waals surface area contributed by atoms with Crippen LogP contribution in [0.5, 0.6) is 0 Å². The highest BCUT2D eigenvalue weighted by molar-refractivity contribution is 7.99. The van der Waals surface area contributed by atoms with Gasteiger partial charge in [0.1, 0.15) is 6.04 Å². The van der Waals surface area contributed by atoms with Crippen molar-refractivity contribution in [1.82, 2.24) is 10.2 Å². The van der Waals surface area contributed by atoms with E-state index >= 15 is 0 Å². The van der Waals surface area contributed by atoms with Crippen LogP contribution in [-0.4, -0.2) is 41.0 Å². The van der Waals surface area contributed by atoms with E-state index in [0.29, 0.717) is 28.4 Å². The lowest BCUT2D eigenvalue weighted by atomic mass is 10.1. The predicted molar refractivity (Wildman–Crippen MR) is 102 cm³/mol. The molecule has 0 fully saturated rings. The predicted octanol–water partition coefficient (Wildman–Crippen LogP) is 3.23. The van der Waals surface area contributed by atoms with Gasteiger partial charge < -0.3 is 5.32 Å². The quantitative estimate of drug-likeness (QED) is 0.468. The minimum Gasteiger partial charge on any atom is -0.353 e. The second-order valence-corrected chi connectivity index (χ2v) is 7.40. The number of halogens is 1. The summed E-state index contributed by atoms with van der Waals surface area (Å²) < 4.78 is 0. The summed E-state index contributed by atoms with van der Waals surface area (Å²) in [6, 6.07) is 13.2. The number of hydrogen-bond acceptors (Lipinski definition) is 4. The standard InChI is InChI=1S/C19H17ClN2O3S/c1-12(22-18(24)15-4-2-3-5-16(15)19(22)25)17(23)21-10-11-26-14-8-6-13(20)7-9-14/h2-9,12H,10-11H2,1H3,(H,21,23)/t12-/m0/s1. The molecular weight excluding hydrogens is 372 g/mol. The number of nitrogens with one attached hydrogen (secondary N) is 1. The van der Waals surface area contributed by atoms with Gasteiger partial charge in [0.25, 0.3) is 11.8 Å². The SMILES string of the molecule is C[C@@H](C(=O)NCCSc1ccc(Cl)cc1)N1C(=O)c2ccccc2C1=O. The topological polar surface area (TPSA) is 66.5 Å². The Labute approximate surface area is 160 Å². The van der Waals surface area contributed by atoms with Gasteiger partial charge >= 0.3 is 0 Å². The fourth-order valence-electron chi connectivity index (χ4n) is 2.70. The number of carbonyl (C=O) groups excluding carboxylic acids is 3. The molecule has 0 aliphatic carbocycles. The average Bonchev–Trinajstić information content (AvgIpc) is 2.90. The molecule has 1 N–H and O–H groups in total. The molecule has 0 saturated heterocycles. The van der Waals surface area contributed by atoms with E-state index < -0.39 is 17.9 Å². The van der Waals surface area contributed by atoms with Gasteiger partial charge in [-0.05, 0) is 43.3 Å². The van der Waals surface area contributed by atoms with Gasteiger partial charge in [0.05, 0.1) is 11.1 Å². The number of rotatable bonds is 6. The first-order chi connectivity index (χ1) is 12.5. The van der Waals surface area contributed by atoms with Crippen molar-refractivity contribution in [2.24, 2.45) is 0 Å². The van der Waals surface area contributed by atoms with Gasteiger partial charge in [-0.2, -0.15) is 0 Å². The van der Waals surface area contributed by atoms with E-state index in [2.05, 4.69) is 5.32 Å². The Morgan fingerprint density at radius 2 is 1.65 bits per heavy atom. The molecule has 0 saturated carbocycles. The summed E-state index contributed by atoms with van der Waals surface area (Å²) in [4.78, 5) is 39.2.